The van der Waals surface area contributed by atoms with Crippen molar-refractivity contribution in [1.29, 1.82) is 0 Å². The van der Waals surface area contributed by atoms with Gasteiger partial charge in [0.1, 0.15) is 19.0 Å². The Bertz CT molecular complexity index is 964. The van der Waals surface area contributed by atoms with Crippen molar-refractivity contribution in [3.05, 3.63) is 24.3 Å². The van der Waals surface area contributed by atoms with Gasteiger partial charge in [-0.2, -0.15) is 4.99 Å². The van der Waals surface area contributed by atoms with Crippen LogP contribution in [0.25, 0.3) is 0 Å². The molecule has 2 aliphatic heterocycles. The van der Waals surface area contributed by atoms with Gasteiger partial charge in [0.2, 0.25) is 0 Å². The van der Waals surface area contributed by atoms with E-state index in [2.05, 4.69) is 9.73 Å². The van der Waals surface area contributed by atoms with E-state index in [4.69, 9.17) is 9.84 Å². The molecule has 0 radical (unpaired) electrons. The van der Waals surface area contributed by atoms with Crippen molar-refractivity contribution in [2.75, 3.05) is 29.6 Å². The highest BCUT2D eigenvalue weighted by Gasteiger charge is 2.49. The fraction of sp³-hybridized carbons (Fsp3) is 0.438. The third kappa shape index (κ3) is 5.64. The summed E-state index contributed by atoms with van der Waals surface area (Å²) in [6.45, 7) is -1.27. The normalized spacial score (nSPS) is 24.1. The highest BCUT2D eigenvalue weighted by molar-refractivity contribution is 8.16. The third-order valence-electron chi connectivity index (χ3n) is 4.09. The summed E-state index contributed by atoms with van der Waals surface area (Å²) in [5, 5.41) is 8.28. The molecule has 0 saturated carbocycles. The Kier molecular flexibility index (Phi) is 6.29. The number of aliphatic carboxylic acids is 1. The van der Waals surface area contributed by atoms with Gasteiger partial charge in [-0.25, -0.2) is 13.2 Å². The number of anilines is 1. The molecule has 30 heavy (non-hydrogen) atoms. The summed E-state index contributed by atoms with van der Waals surface area (Å²) in [4.78, 5) is 27.8. The van der Waals surface area contributed by atoms with Gasteiger partial charge >= 0.3 is 12.3 Å². The van der Waals surface area contributed by atoms with E-state index in [9.17, 15) is 31.2 Å². The van der Waals surface area contributed by atoms with Gasteiger partial charge in [-0.15, -0.1) is 13.2 Å². The average Bonchev–Trinajstić information content (AvgIpc) is 3.05. The number of rotatable bonds is 6. The lowest BCUT2D eigenvalue weighted by Crippen LogP contribution is -2.37. The fourth-order valence-electron chi connectivity index (χ4n) is 3.04. The molecule has 2 atom stereocenters. The largest absolute Gasteiger partial charge is 0.573 e. The minimum atomic E-state index is -4.86. The molecule has 1 N–H and O–H groups in total. The highest BCUT2D eigenvalue weighted by atomic mass is 32.2. The van der Waals surface area contributed by atoms with E-state index in [1.165, 1.54) is 17.0 Å². The summed E-state index contributed by atoms with van der Waals surface area (Å²) in [6, 6.07) is 4.19. The maximum atomic E-state index is 12.4. The minimum absolute atomic E-state index is 0.128. The Balaban J connectivity index is 1.83. The Morgan fingerprint density at radius 3 is 2.47 bits per heavy atom. The number of carbonyl (C=O) groups is 2. The molecule has 2 fully saturated rings. The molecule has 0 unspecified atom stereocenters. The number of alkyl halides is 3. The van der Waals surface area contributed by atoms with E-state index < -0.39 is 58.3 Å². The van der Waals surface area contributed by atoms with Crippen molar-refractivity contribution in [2.24, 2.45) is 4.99 Å². The molecule has 0 bridgehead atoms. The summed E-state index contributed by atoms with van der Waals surface area (Å²) in [6.07, 6.45) is -4.86. The van der Waals surface area contributed by atoms with E-state index in [1.54, 1.807) is 0 Å². The molecule has 2 heterocycles. The Labute approximate surface area is 172 Å². The number of carboxylic acid groups (broad SMARTS) is 1. The van der Waals surface area contributed by atoms with Crippen LogP contribution in [0.3, 0.4) is 0 Å². The lowest BCUT2D eigenvalue weighted by Gasteiger charge is -2.24. The first-order valence-electron chi connectivity index (χ1n) is 8.37. The van der Waals surface area contributed by atoms with Gasteiger partial charge in [0, 0.05) is 10.9 Å². The van der Waals surface area contributed by atoms with Gasteiger partial charge in [-0.05, 0) is 24.3 Å². The van der Waals surface area contributed by atoms with Gasteiger partial charge in [0.25, 0.3) is 5.91 Å². The standard InChI is InChI=1S/C16H15F3N2O7S2/c17-16(18,19)28-10-3-1-9(2-4-10)21-11-7-30(25,26)8-12(11)29-15(21)20-13(22)5-27-6-14(23)24/h1-4,11-12H,5-8H2,(H,23,24)/t11-,12-/m1/s1. The monoisotopic (exact) mass is 468 g/mol. The molecule has 1 amide bonds. The highest BCUT2D eigenvalue weighted by Crippen LogP contribution is 2.41. The number of ether oxygens (including phenoxy) is 2. The van der Waals surface area contributed by atoms with Gasteiger partial charge in [-0.3, -0.25) is 4.79 Å². The van der Waals surface area contributed by atoms with Crippen LogP contribution >= 0.6 is 11.8 Å². The summed E-state index contributed by atoms with van der Waals surface area (Å²) >= 11 is 1.06. The van der Waals surface area contributed by atoms with Crippen molar-refractivity contribution >= 4 is 44.3 Å². The van der Waals surface area contributed by atoms with E-state index in [1.807, 2.05) is 0 Å². The van der Waals surface area contributed by atoms with Crippen LogP contribution in [0, 0.1) is 0 Å². The lowest BCUT2D eigenvalue weighted by atomic mass is 10.2. The molecule has 1 aromatic rings. The number of nitrogens with zero attached hydrogens (tertiary/aromatic N) is 2. The van der Waals surface area contributed by atoms with Gasteiger partial charge in [0.05, 0.1) is 17.5 Å². The topological polar surface area (TPSA) is 123 Å². The number of carbonyl (C=O) groups excluding carboxylic acids is 1. The molecule has 14 heteroatoms. The van der Waals surface area contributed by atoms with Crippen LogP contribution < -0.4 is 9.64 Å². The van der Waals surface area contributed by atoms with Crippen molar-refractivity contribution in [1.82, 2.24) is 0 Å². The predicted molar refractivity (Wildman–Crippen MR) is 100 cm³/mol. The number of amidine groups is 1. The SMILES string of the molecule is O=C(O)COCC(=O)N=C1S[C@@H]2CS(=O)(=O)C[C@H]2N1c1ccc(OC(F)(F)F)cc1. The van der Waals surface area contributed by atoms with E-state index in [0.717, 1.165) is 23.9 Å². The number of sulfone groups is 1. The van der Waals surface area contributed by atoms with Crippen LogP contribution in [0.5, 0.6) is 5.75 Å². The zero-order valence-corrected chi connectivity index (χ0v) is 16.7. The summed E-state index contributed by atoms with van der Waals surface area (Å²) < 4.78 is 69.6. The smallest absolute Gasteiger partial charge is 0.480 e. The van der Waals surface area contributed by atoms with Crippen LogP contribution in [-0.4, -0.2) is 72.9 Å². The Morgan fingerprint density at radius 2 is 1.87 bits per heavy atom. The molecule has 0 spiro atoms. The summed E-state index contributed by atoms with van der Waals surface area (Å²) in [5.74, 6) is -2.81. The first-order chi connectivity index (χ1) is 13.9. The van der Waals surface area contributed by atoms with Crippen LogP contribution in [0.1, 0.15) is 0 Å². The number of benzene rings is 1. The zero-order chi connectivity index (χ0) is 22.1. The van der Waals surface area contributed by atoms with E-state index >= 15 is 0 Å². The zero-order valence-electron chi connectivity index (χ0n) is 15.0. The Hall–Kier alpha value is -2.32. The molecular formula is C16H15F3N2O7S2. The second kappa shape index (κ2) is 8.43. The number of halogens is 3. The molecule has 1 aromatic carbocycles. The maximum Gasteiger partial charge on any atom is 0.573 e. The predicted octanol–water partition coefficient (Wildman–Crippen LogP) is 1.29. The second-order valence-electron chi connectivity index (χ2n) is 6.39. The third-order valence-corrected chi connectivity index (χ3v) is 7.30. The van der Waals surface area contributed by atoms with Crippen molar-refractivity contribution in [2.45, 2.75) is 17.7 Å². The molecule has 9 nitrogen and oxygen atoms in total. The molecule has 3 rings (SSSR count). The average molecular weight is 468 g/mol. The molecule has 164 valence electrons. The van der Waals surface area contributed by atoms with Crippen LogP contribution in [0.15, 0.2) is 29.3 Å². The number of aliphatic imine (C=N–C) groups is 1. The van der Waals surface area contributed by atoms with Crippen molar-refractivity contribution in [3.8, 4) is 5.75 Å². The quantitative estimate of drug-likeness (QED) is 0.658. The van der Waals surface area contributed by atoms with E-state index in [-0.39, 0.29) is 16.7 Å². The second-order valence-corrected chi connectivity index (χ2v) is 9.75. The molecule has 2 saturated heterocycles. The minimum Gasteiger partial charge on any atom is -0.480 e. The van der Waals surface area contributed by atoms with Crippen LogP contribution in [0.2, 0.25) is 0 Å². The maximum absolute atomic E-state index is 12.4. The number of fused-ring (bicyclic) bond motifs is 1. The number of amides is 1. The molecular weight excluding hydrogens is 453 g/mol. The van der Waals surface area contributed by atoms with Crippen molar-refractivity contribution in [3.63, 3.8) is 0 Å². The van der Waals surface area contributed by atoms with Crippen LogP contribution in [-0.2, 0) is 24.2 Å². The number of thioether (sulfide) groups is 1. The van der Waals surface area contributed by atoms with Gasteiger partial charge < -0.3 is 19.5 Å². The van der Waals surface area contributed by atoms with Gasteiger partial charge in [0.15, 0.2) is 15.0 Å². The first kappa shape index (κ1) is 22.4. The molecule has 2 aliphatic rings. The van der Waals surface area contributed by atoms with Crippen LogP contribution in [0.4, 0.5) is 18.9 Å². The lowest BCUT2D eigenvalue weighted by molar-refractivity contribution is -0.274. The summed E-state index contributed by atoms with van der Waals surface area (Å²) in [7, 11) is -3.32. The molecule has 0 aromatic heterocycles. The van der Waals surface area contributed by atoms with Gasteiger partial charge in [-0.1, -0.05) is 11.8 Å². The summed E-state index contributed by atoms with van der Waals surface area (Å²) in [5.41, 5.74) is 0.333. The number of hydrogen-bond acceptors (Lipinski definition) is 7. The number of hydrogen-bond donors (Lipinski definition) is 1. The molecule has 0 aliphatic carbocycles. The van der Waals surface area contributed by atoms with E-state index in [0.29, 0.717) is 5.69 Å². The van der Waals surface area contributed by atoms with Crippen molar-refractivity contribution < 1.29 is 45.8 Å². The Morgan fingerprint density at radius 1 is 1.20 bits per heavy atom. The number of carboxylic acids is 1. The first-order valence-corrected chi connectivity index (χ1v) is 11.1. The fourth-order valence-corrected chi connectivity index (χ4v) is 6.97.